The fraction of sp³-hybridized carbons (Fsp3) is 0.421. The van der Waals surface area contributed by atoms with Crippen LogP contribution in [0.15, 0.2) is 72.8 Å². The van der Waals surface area contributed by atoms with Crippen LogP contribution >= 0.6 is 0 Å². The summed E-state index contributed by atoms with van der Waals surface area (Å²) in [4.78, 5) is 51.8. The molecule has 9 nitrogen and oxygen atoms in total. The number of benzene rings is 3. The van der Waals surface area contributed by atoms with Gasteiger partial charge in [0, 0.05) is 43.0 Å². The van der Waals surface area contributed by atoms with Crippen LogP contribution in [0.1, 0.15) is 95.6 Å². The quantitative estimate of drug-likeness (QED) is 0.0542. The number of rotatable bonds is 16. The maximum Gasteiger partial charge on any atom is 0.359 e. The van der Waals surface area contributed by atoms with Gasteiger partial charge in [-0.1, -0.05) is 84.0 Å². The van der Waals surface area contributed by atoms with E-state index in [0.717, 1.165) is 38.2 Å². The van der Waals surface area contributed by atoms with Gasteiger partial charge in [0.15, 0.2) is 0 Å². The van der Waals surface area contributed by atoms with Crippen LogP contribution in [0.25, 0.3) is 0 Å². The molecule has 2 amide bonds. The number of hydrogen-bond acceptors (Lipinski definition) is 7. The van der Waals surface area contributed by atoms with E-state index >= 15 is 0 Å². The minimum atomic E-state index is -2.59. The smallest absolute Gasteiger partial charge is 0.359 e. The summed E-state index contributed by atoms with van der Waals surface area (Å²) in [7, 11) is 1.10. The number of esters is 1. The number of nitrogens with one attached hydrogen (secondary N) is 2. The number of anilines is 2. The predicted molar refractivity (Wildman–Crippen MR) is 184 cm³/mol. The molecule has 3 aromatic carbocycles. The summed E-state index contributed by atoms with van der Waals surface area (Å²) in [5, 5.41) is 5.35. The van der Waals surface area contributed by atoms with E-state index in [-0.39, 0.29) is 28.7 Å². The Morgan fingerprint density at radius 2 is 1.43 bits per heavy atom. The van der Waals surface area contributed by atoms with Crippen LogP contribution in [0.3, 0.4) is 0 Å². The predicted octanol–water partition coefficient (Wildman–Crippen LogP) is 7.59. The lowest BCUT2D eigenvalue weighted by molar-refractivity contribution is -0.198. The zero-order valence-corrected chi connectivity index (χ0v) is 28.8. The van der Waals surface area contributed by atoms with Crippen LogP contribution in [0, 0.1) is 0 Å². The number of Topliss-reactive ketones (excluding diaryl/α,β-unsaturated/α-hetero) is 1. The van der Waals surface area contributed by atoms with Gasteiger partial charge in [-0.25, -0.2) is 0 Å². The van der Waals surface area contributed by atoms with Gasteiger partial charge in [0.05, 0.1) is 6.61 Å². The highest BCUT2D eigenvalue weighted by Crippen LogP contribution is 2.38. The molecule has 0 radical (unpaired) electrons. The Hall–Kier alpha value is -4.50. The molecule has 0 aromatic heterocycles. The number of ketones is 1. The Bertz CT molecular complexity index is 1570. The molecule has 0 bridgehead atoms. The summed E-state index contributed by atoms with van der Waals surface area (Å²) in [5.74, 6) is -4.81. The van der Waals surface area contributed by atoms with E-state index in [4.69, 9.17) is 14.2 Å². The van der Waals surface area contributed by atoms with Crippen molar-refractivity contribution in [2.24, 2.45) is 0 Å². The molecule has 0 saturated heterocycles. The molecular formula is C38H48N2O7. The van der Waals surface area contributed by atoms with Crippen molar-refractivity contribution >= 4 is 34.9 Å². The largest absolute Gasteiger partial charge is 0.493 e. The molecule has 3 rings (SSSR count). The lowest BCUT2D eigenvalue weighted by Gasteiger charge is -2.30. The van der Waals surface area contributed by atoms with Crippen molar-refractivity contribution < 1.29 is 33.4 Å². The van der Waals surface area contributed by atoms with Crippen molar-refractivity contribution in [1.29, 1.82) is 0 Å². The Morgan fingerprint density at radius 1 is 0.766 bits per heavy atom. The molecule has 0 fully saturated rings. The Balaban J connectivity index is 1.69. The van der Waals surface area contributed by atoms with Crippen molar-refractivity contribution in [3.63, 3.8) is 0 Å². The molecule has 1 unspecified atom stereocenters. The fourth-order valence-corrected chi connectivity index (χ4v) is 4.93. The summed E-state index contributed by atoms with van der Waals surface area (Å²) in [6.45, 7) is 14.7. The Kier molecular flexibility index (Phi) is 12.5. The number of amides is 2. The maximum atomic E-state index is 13.7. The summed E-state index contributed by atoms with van der Waals surface area (Å²) in [6.07, 6.45) is 2.62. The van der Waals surface area contributed by atoms with Gasteiger partial charge in [-0.2, -0.15) is 0 Å². The first-order valence-electron chi connectivity index (χ1n) is 16.0. The van der Waals surface area contributed by atoms with Crippen molar-refractivity contribution in [1.82, 2.24) is 0 Å². The Morgan fingerprint density at radius 3 is 2.04 bits per heavy atom. The van der Waals surface area contributed by atoms with E-state index in [0.29, 0.717) is 24.4 Å². The average Bonchev–Trinajstić information content (AvgIpc) is 3.05. The van der Waals surface area contributed by atoms with E-state index in [9.17, 15) is 19.2 Å². The molecule has 0 aliphatic heterocycles. The highest BCUT2D eigenvalue weighted by Gasteiger charge is 2.51. The second kappa shape index (κ2) is 15.9. The standard InChI is InChI=1S/C38H48N2O7/c1-9-36(4,5)28-21-22-32(31(25-28)37(6,7)10-2)46-23-15-20-33(42)39-30-19-14-16-27(24-30)34(43)38(45-8,47-26(3)41)35(44)40-29-17-12-11-13-18-29/h11-14,16-19,21-22,24-25H,9-10,15,20,23H2,1-8H3,(H,39,42)(H,40,44). The molecular weight excluding hydrogens is 596 g/mol. The number of carbonyl (C=O) groups is 4. The zero-order chi connectivity index (χ0) is 34.8. The molecule has 0 spiro atoms. The zero-order valence-electron chi connectivity index (χ0n) is 28.8. The van der Waals surface area contributed by atoms with Gasteiger partial charge >= 0.3 is 17.7 Å². The summed E-state index contributed by atoms with van der Waals surface area (Å²) in [5.41, 5.74) is 3.12. The van der Waals surface area contributed by atoms with Gasteiger partial charge < -0.3 is 24.8 Å². The van der Waals surface area contributed by atoms with E-state index in [1.165, 1.54) is 17.7 Å². The maximum absolute atomic E-state index is 13.7. The highest BCUT2D eigenvalue weighted by atomic mass is 16.7. The average molecular weight is 645 g/mol. The van der Waals surface area contributed by atoms with E-state index in [1.807, 2.05) is 6.07 Å². The van der Waals surface area contributed by atoms with Crippen molar-refractivity contribution in [3.05, 3.63) is 89.5 Å². The number of carbonyl (C=O) groups excluding carboxylic acids is 4. The minimum absolute atomic E-state index is 0.00166. The number of hydrogen-bond donors (Lipinski definition) is 2. The van der Waals surface area contributed by atoms with Crippen molar-refractivity contribution in [2.45, 2.75) is 90.8 Å². The van der Waals surface area contributed by atoms with E-state index in [1.54, 1.807) is 42.5 Å². The molecule has 0 aliphatic carbocycles. The van der Waals surface area contributed by atoms with Crippen LogP contribution in [0.2, 0.25) is 0 Å². The normalized spacial score (nSPS) is 12.9. The van der Waals surface area contributed by atoms with Crippen LogP contribution in [0.5, 0.6) is 5.75 Å². The number of para-hydroxylation sites is 1. The minimum Gasteiger partial charge on any atom is -0.493 e. The van der Waals surface area contributed by atoms with Gasteiger partial charge in [0.2, 0.25) is 11.7 Å². The van der Waals surface area contributed by atoms with Crippen LogP contribution in [0.4, 0.5) is 11.4 Å². The molecule has 2 N–H and O–H groups in total. The number of methoxy groups -OCH3 is 1. The van der Waals surface area contributed by atoms with Crippen LogP contribution in [-0.4, -0.2) is 43.1 Å². The third kappa shape index (κ3) is 9.29. The summed E-state index contributed by atoms with van der Waals surface area (Å²) in [6, 6.07) is 20.8. The lowest BCUT2D eigenvalue weighted by atomic mass is 9.76. The molecule has 0 aliphatic rings. The molecule has 0 heterocycles. The van der Waals surface area contributed by atoms with Crippen molar-refractivity contribution in [3.8, 4) is 5.75 Å². The monoisotopic (exact) mass is 644 g/mol. The van der Waals surface area contributed by atoms with Gasteiger partial charge in [-0.3, -0.25) is 19.2 Å². The first-order chi connectivity index (χ1) is 22.2. The van der Waals surface area contributed by atoms with Crippen molar-refractivity contribution in [2.75, 3.05) is 24.4 Å². The van der Waals surface area contributed by atoms with Crippen LogP contribution < -0.4 is 15.4 Å². The van der Waals surface area contributed by atoms with Gasteiger partial charge in [-0.15, -0.1) is 0 Å². The first kappa shape index (κ1) is 37.0. The first-order valence-corrected chi connectivity index (χ1v) is 16.0. The third-order valence-electron chi connectivity index (χ3n) is 8.68. The number of ether oxygens (including phenoxy) is 3. The van der Waals surface area contributed by atoms with Gasteiger partial charge in [0.1, 0.15) is 5.75 Å². The SMILES string of the molecule is CCC(C)(C)c1ccc(OCCCC(=O)Nc2cccc(C(=O)C(OC)(OC(C)=O)C(=O)Nc3ccccc3)c2)c(C(C)(C)CC)c1. The molecule has 3 aromatic rings. The molecule has 0 saturated carbocycles. The Labute approximate surface area is 278 Å². The summed E-state index contributed by atoms with van der Waals surface area (Å²) >= 11 is 0. The van der Waals surface area contributed by atoms with E-state index < -0.39 is 23.4 Å². The summed E-state index contributed by atoms with van der Waals surface area (Å²) < 4.78 is 16.7. The van der Waals surface area contributed by atoms with Gasteiger partial charge in [0.25, 0.3) is 0 Å². The highest BCUT2D eigenvalue weighted by molar-refractivity contribution is 6.20. The molecule has 1 atom stereocenters. The third-order valence-corrected chi connectivity index (χ3v) is 8.68. The van der Waals surface area contributed by atoms with Gasteiger partial charge in [-0.05, 0) is 66.0 Å². The molecule has 47 heavy (non-hydrogen) atoms. The fourth-order valence-electron chi connectivity index (χ4n) is 4.93. The van der Waals surface area contributed by atoms with E-state index in [2.05, 4.69) is 64.3 Å². The van der Waals surface area contributed by atoms with Crippen LogP contribution in [-0.2, 0) is 34.7 Å². The topological polar surface area (TPSA) is 120 Å². The lowest BCUT2D eigenvalue weighted by Crippen LogP contribution is -2.54. The second-order valence-corrected chi connectivity index (χ2v) is 12.8. The molecule has 9 heteroatoms. The second-order valence-electron chi connectivity index (χ2n) is 12.8. The molecule has 252 valence electrons.